The molecule has 100 valence electrons. The summed E-state index contributed by atoms with van der Waals surface area (Å²) in [5.41, 5.74) is 0. The maximum absolute atomic E-state index is 11.8. The summed E-state index contributed by atoms with van der Waals surface area (Å²) in [7, 11) is 0. The average molecular weight is 341 g/mol. The molecule has 0 N–H and O–H groups in total. The van der Waals surface area contributed by atoms with Gasteiger partial charge in [0, 0.05) is 9.35 Å². The van der Waals surface area contributed by atoms with Gasteiger partial charge in [0.1, 0.15) is 12.4 Å². The Morgan fingerprint density at radius 1 is 1.32 bits per heavy atom. The second-order valence-electron chi connectivity index (χ2n) is 3.90. The van der Waals surface area contributed by atoms with Crippen LogP contribution in [0.1, 0.15) is 11.8 Å². The van der Waals surface area contributed by atoms with E-state index in [4.69, 9.17) is 9.47 Å². The summed E-state index contributed by atoms with van der Waals surface area (Å²) in [5.74, 6) is 0.278. The molecule has 1 heterocycles. The van der Waals surface area contributed by atoms with E-state index in [0.717, 1.165) is 9.35 Å². The molecule has 0 saturated heterocycles. The van der Waals surface area contributed by atoms with E-state index in [2.05, 4.69) is 15.9 Å². The van der Waals surface area contributed by atoms with Crippen LogP contribution < -0.4 is 4.74 Å². The molecule has 0 saturated carbocycles. The molecule has 1 aromatic carbocycles. The van der Waals surface area contributed by atoms with Gasteiger partial charge in [-0.1, -0.05) is 22.0 Å². The summed E-state index contributed by atoms with van der Waals surface area (Å²) in [6, 6.07) is 11.2. The molecular weight excluding hydrogens is 328 g/mol. The molecule has 0 spiro atoms. The molecule has 0 bridgehead atoms. The Balaban J connectivity index is 1.83. The highest BCUT2D eigenvalue weighted by Crippen LogP contribution is 2.18. The number of benzene rings is 1. The highest BCUT2D eigenvalue weighted by Gasteiger charge is 2.16. The Labute approximate surface area is 124 Å². The van der Waals surface area contributed by atoms with Crippen molar-refractivity contribution in [2.45, 2.75) is 19.6 Å². The van der Waals surface area contributed by atoms with Crippen molar-refractivity contribution in [2.75, 3.05) is 0 Å². The lowest BCUT2D eigenvalue weighted by Gasteiger charge is -2.13. The fourth-order valence-electron chi connectivity index (χ4n) is 1.42. The summed E-state index contributed by atoms with van der Waals surface area (Å²) in [5, 5.41) is 1.95. The van der Waals surface area contributed by atoms with Crippen LogP contribution in [0.2, 0.25) is 0 Å². The Morgan fingerprint density at radius 2 is 2.05 bits per heavy atom. The number of carbonyl (C=O) groups excluding carboxylic acids is 1. The number of thiophene rings is 1. The van der Waals surface area contributed by atoms with Crippen molar-refractivity contribution in [3.05, 3.63) is 51.1 Å². The molecule has 1 unspecified atom stereocenters. The largest absolute Gasteiger partial charge is 0.479 e. The number of halogens is 1. The van der Waals surface area contributed by atoms with Crippen molar-refractivity contribution < 1.29 is 14.3 Å². The predicted octanol–water partition coefficient (Wildman–Crippen LogP) is 4.02. The molecule has 2 aromatic rings. The van der Waals surface area contributed by atoms with E-state index in [1.165, 1.54) is 0 Å². The zero-order valence-corrected chi connectivity index (χ0v) is 12.7. The summed E-state index contributed by atoms with van der Waals surface area (Å²) in [6.07, 6.45) is -0.624. The van der Waals surface area contributed by atoms with Gasteiger partial charge in [0.05, 0.1) is 0 Å². The monoisotopic (exact) mass is 340 g/mol. The van der Waals surface area contributed by atoms with Crippen LogP contribution in [0.4, 0.5) is 0 Å². The van der Waals surface area contributed by atoms with Crippen molar-refractivity contribution in [1.82, 2.24) is 0 Å². The minimum absolute atomic E-state index is 0.296. The minimum Gasteiger partial charge on any atom is -0.479 e. The summed E-state index contributed by atoms with van der Waals surface area (Å²) >= 11 is 4.90. The van der Waals surface area contributed by atoms with Gasteiger partial charge in [-0.3, -0.25) is 0 Å². The lowest BCUT2D eigenvalue weighted by molar-refractivity contribution is -0.152. The normalized spacial score (nSPS) is 11.9. The van der Waals surface area contributed by atoms with Gasteiger partial charge in [-0.2, -0.15) is 0 Å². The van der Waals surface area contributed by atoms with Crippen molar-refractivity contribution in [3.63, 3.8) is 0 Å². The molecule has 0 aliphatic rings. The molecule has 5 heteroatoms. The maximum Gasteiger partial charge on any atom is 0.347 e. The van der Waals surface area contributed by atoms with Crippen LogP contribution in [0.3, 0.4) is 0 Å². The summed E-state index contributed by atoms with van der Waals surface area (Å²) < 4.78 is 11.7. The van der Waals surface area contributed by atoms with Crippen molar-refractivity contribution in [3.8, 4) is 5.75 Å². The molecule has 19 heavy (non-hydrogen) atoms. The first-order valence-corrected chi connectivity index (χ1v) is 7.43. The van der Waals surface area contributed by atoms with Crippen LogP contribution >= 0.6 is 27.3 Å². The highest BCUT2D eigenvalue weighted by atomic mass is 79.9. The fourth-order valence-corrected chi connectivity index (χ4v) is 2.30. The third kappa shape index (κ3) is 4.36. The van der Waals surface area contributed by atoms with Gasteiger partial charge in [-0.25, -0.2) is 4.79 Å². The first kappa shape index (κ1) is 14.1. The zero-order valence-electron chi connectivity index (χ0n) is 10.3. The number of carbonyl (C=O) groups is 1. The van der Waals surface area contributed by atoms with Crippen LogP contribution in [0.15, 0.2) is 46.3 Å². The molecule has 0 fully saturated rings. The van der Waals surface area contributed by atoms with Gasteiger partial charge in [0.15, 0.2) is 6.10 Å². The van der Waals surface area contributed by atoms with E-state index >= 15 is 0 Å². The van der Waals surface area contributed by atoms with Crippen molar-refractivity contribution >= 4 is 33.2 Å². The number of esters is 1. The SMILES string of the molecule is CC(Oc1ccc(Br)cc1)C(=O)OCc1cccs1. The van der Waals surface area contributed by atoms with Gasteiger partial charge >= 0.3 is 5.97 Å². The van der Waals surface area contributed by atoms with E-state index in [1.807, 2.05) is 29.6 Å². The van der Waals surface area contributed by atoms with Crippen LogP contribution in [0.25, 0.3) is 0 Å². The van der Waals surface area contributed by atoms with Gasteiger partial charge in [0.25, 0.3) is 0 Å². The second kappa shape index (κ2) is 6.73. The van der Waals surface area contributed by atoms with Crippen molar-refractivity contribution in [2.24, 2.45) is 0 Å². The molecule has 1 atom stereocenters. The number of ether oxygens (including phenoxy) is 2. The Kier molecular flexibility index (Phi) is 4.99. The van der Waals surface area contributed by atoms with Gasteiger partial charge < -0.3 is 9.47 Å². The molecule has 3 nitrogen and oxygen atoms in total. The van der Waals surface area contributed by atoms with E-state index in [0.29, 0.717) is 12.4 Å². The van der Waals surface area contributed by atoms with Gasteiger partial charge in [-0.15, -0.1) is 11.3 Å². The zero-order chi connectivity index (χ0) is 13.7. The van der Waals surface area contributed by atoms with E-state index in [-0.39, 0.29) is 5.97 Å². The van der Waals surface area contributed by atoms with Crippen LogP contribution in [-0.4, -0.2) is 12.1 Å². The van der Waals surface area contributed by atoms with Crippen molar-refractivity contribution in [1.29, 1.82) is 0 Å². The minimum atomic E-state index is -0.624. The number of hydrogen-bond acceptors (Lipinski definition) is 4. The van der Waals surface area contributed by atoms with Gasteiger partial charge in [0.2, 0.25) is 0 Å². The lowest BCUT2D eigenvalue weighted by Crippen LogP contribution is -2.25. The lowest BCUT2D eigenvalue weighted by atomic mass is 10.3. The third-order valence-electron chi connectivity index (χ3n) is 2.40. The molecule has 0 radical (unpaired) electrons. The standard InChI is InChI=1S/C14H13BrO3S/c1-10(18-12-6-4-11(15)5-7-12)14(16)17-9-13-3-2-8-19-13/h2-8,10H,9H2,1H3. The van der Waals surface area contributed by atoms with E-state index < -0.39 is 6.10 Å². The van der Waals surface area contributed by atoms with E-state index in [1.54, 1.807) is 30.4 Å². The van der Waals surface area contributed by atoms with Gasteiger partial charge in [-0.05, 0) is 42.6 Å². The Hall–Kier alpha value is -1.33. The van der Waals surface area contributed by atoms with E-state index in [9.17, 15) is 4.79 Å². The molecule has 2 rings (SSSR count). The third-order valence-corrected chi connectivity index (χ3v) is 3.77. The van der Waals surface area contributed by atoms with Crippen LogP contribution in [-0.2, 0) is 16.1 Å². The topological polar surface area (TPSA) is 35.5 Å². The first-order valence-electron chi connectivity index (χ1n) is 5.76. The molecule has 0 aliphatic heterocycles. The predicted molar refractivity (Wildman–Crippen MR) is 78.3 cm³/mol. The number of rotatable bonds is 5. The van der Waals surface area contributed by atoms with Crippen LogP contribution in [0.5, 0.6) is 5.75 Å². The average Bonchev–Trinajstić information content (AvgIpc) is 2.91. The maximum atomic E-state index is 11.8. The molecule has 1 aromatic heterocycles. The highest BCUT2D eigenvalue weighted by molar-refractivity contribution is 9.10. The fraction of sp³-hybridized carbons (Fsp3) is 0.214. The Morgan fingerprint density at radius 3 is 2.68 bits per heavy atom. The first-order chi connectivity index (χ1) is 9.15. The second-order valence-corrected chi connectivity index (χ2v) is 5.85. The summed E-state index contributed by atoms with van der Waals surface area (Å²) in [6.45, 7) is 1.98. The quantitative estimate of drug-likeness (QED) is 0.771. The number of hydrogen-bond donors (Lipinski definition) is 0. The molecule has 0 amide bonds. The molecular formula is C14H13BrO3S. The molecule has 0 aliphatic carbocycles. The Bertz CT molecular complexity index is 522. The smallest absolute Gasteiger partial charge is 0.347 e. The summed E-state index contributed by atoms with van der Waals surface area (Å²) in [4.78, 5) is 12.8. The van der Waals surface area contributed by atoms with Crippen LogP contribution in [0, 0.1) is 0 Å².